The number of nitrogens with one attached hydrogen (secondary N) is 1. The molecule has 27 heavy (non-hydrogen) atoms. The predicted molar refractivity (Wildman–Crippen MR) is 106 cm³/mol. The van der Waals surface area contributed by atoms with Gasteiger partial charge in [0.25, 0.3) is 0 Å². The van der Waals surface area contributed by atoms with Crippen LogP contribution in [0.1, 0.15) is 23.7 Å². The number of ether oxygens (including phenoxy) is 1. The summed E-state index contributed by atoms with van der Waals surface area (Å²) in [6.07, 6.45) is 5.83. The van der Waals surface area contributed by atoms with Gasteiger partial charge in [0, 0.05) is 12.2 Å². The lowest BCUT2D eigenvalue weighted by atomic mass is 10.1. The Labute approximate surface area is 158 Å². The standard InChI is InChI=1S/C21H23FN4O/c1-2-23-19-9-5-17(6-10-19)3-4-18-7-11-21(12-8-18)27-16-20-15-26(14-13-22)25-24-20/h3-12,15,23H,2,13-14,16H2,1H3. The lowest BCUT2D eigenvalue weighted by molar-refractivity contribution is 0.301. The summed E-state index contributed by atoms with van der Waals surface area (Å²) < 4.78 is 19.4. The second kappa shape index (κ2) is 9.52. The third-order valence-corrected chi connectivity index (χ3v) is 3.93. The zero-order chi connectivity index (χ0) is 18.9. The smallest absolute Gasteiger partial charge is 0.134 e. The Morgan fingerprint density at radius 2 is 1.70 bits per heavy atom. The van der Waals surface area contributed by atoms with Crippen molar-refractivity contribution in [2.24, 2.45) is 0 Å². The van der Waals surface area contributed by atoms with Gasteiger partial charge in [0.2, 0.25) is 0 Å². The number of aryl methyl sites for hydroxylation is 1. The Kier molecular flexibility index (Phi) is 6.57. The van der Waals surface area contributed by atoms with E-state index in [9.17, 15) is 4.39 Å². The zero-order valence-electron chi connectivity index (χ0n) is 15.3. The number of alkyl halides is 1. The first-order valence-electron chi connectivity index (χ1n) is 8.96. The highest BCUT2D eigenvalue weighted by Crippen LogP contribution is 2.16. The van der Waals surface area contributed by atoms with Crippen molar-refractivity contribution in [1.82, 2.24) is 15.0 Å². The summed E-state index contributed by atoms with van der Waals surface area (Å²) in [5.41, 5.74) is 4.04. The lowest BCUT2D eigenvalue weighted by Gasteiger charge is -2.04. The molecule has 0 aliphatic rings. The maximum absolute atomic E-state index is 12.3. The Bertz CT molecular complexity index is 857. The Balaban J connectivity index is 1.53. The van der Waals surface area contributed by atoms with Crippen LogP contribution < -0.4 is 10.1 Å². The molecule has 5 nitrogen and oxygen atoms in total. The highest BCUT2D eigenvalue weighted by molar-refractivity contribution is 5.70. The Hall–Kier alpha value is -3.15. The maximum atomic E-state index is 12.3. The van der Waals surface area contributed by atoms with Crippen LogP contribution in [0.4, 0.5) is 10.1 Å². The van der Waals surface area contributed by atoms with E-state index in [1.54, 1.807) is 6.20 Å². The Morgan fingerprint density at radius 1 is 1.04 bits per heavy atom. The molecule has 6 heteroatoms. The number of hydrogen-bond donors (Lipinski definition) is 1. The molecule has 0 unspecified atom stereocenters. The van der Waals surface area contributed by atoms with Crippen molar-refractivity contribution in [2.45, 2.75) is 20.1 Å². The molecule has 0 saturated carbocycles. The van der Waals surface area contributed by atoms with E-state index >= 15 is 0 Å². The lowest BCUT2D eigenvalue weighted by Crippen LogP contribution is -1.99. The van der Waals surface area contributed by atoms with Crippen LogP contribution in [0.15, 0.2) is 54.7 Å². The molecule has 2 aromatic carbocycles. The largest absolute Gasteiger partial charge is 0.487 e. The summed E-state index contributed by atoms with van der Waals surface area (Å²) in [6, 6.07) is 16.1. The SMILES string of the molecule is CCNc1ccc(C=Cc2ccc(OCc3cn(CCF)nn3)cc2)cc1. The topological polar surface area (TPSA) is 52.0 Å². The van der Waals surface area contributed by atoms with Crippen molar-refractivity contribution in [3.63, 3.8) is 0 Å². The molecular weight excluding hydrogens is 343 g/mol. The number of anilines is 1. The van der Waals surface area contributed by atoms with Crippen LogP contribution in [-0.2, 0) is 13.2 Å². The first-order valence-corrected chi connectivity index (χ1v) is 8.96. The first-order chi connectivity index (χ1) is 13.3. The maximum Gasteiger partial charge on any atom is 0.134 e. The van der Waals surface area contributed by atoms with E-state index in [1.165, 1.54) is 4.68 Å². The summed E-state index contributed by atoms with van der Waals surface area (Å²) in [4.78, 5) is 0. The van der Waals surface area contributed by atoms with Gasteiger partial charge < -0.3 is 10.1 Å². The monoisotopic (exact) mass is 366 g/mol. The summed E-state index contributed by atoms with van der Waals surface area (Å²) >= 11 is 0. The van der Waals surface area contributed by atoms with Crippen LogP contribution in [-0.4, -0.2) is 28.2 Å². The summed E-state index contributed by atoms with van der Waals surface area (Å²) in [5, 5.41) is 11.1. The fourth-order valence-electron chi connectivity index (χ4n) is 2.54. The fraction of sp³-hybridized carbons (Fsp3) is 0.238. The van der Waals surface area contributed by atoms with Crippen LogP contribution in [0.2, 0.25) is 0 Å². The van der Waals surface area contributed by atoms with Crippen LogP contribution in [0.5, 0.6) is 5.75 Å². The molecule has 3 aromatic rings. The van der Waals surface area contributed by atoms with Gasteiger partial charge in [-0.25, -0.2) is 9.07 Å². The molecule has 3 rings (SSSR count). The van der Waals surface area contributed by atoms with Crippen molar-refractivity contribution in [1.29, 1.82) is 0 Å². The van der Waals surface area contributed by atoms with Crippen LogP contribution in [0, 0.1) is 0 Å². The van der Waals surface area contributed by atoms with Gasteiger partial charge in [0.05, 0.1) is 12.7 Å². The van der Waals surface area contributed by atoms with Gasteiger partial charge in [-0.3, -0.25) is 0 Å². The van der Waals surface area contributed by atoms with Crippen molar-refractivity contribution >= 4 is 17.8 Å². The second-order valence-electron chi connectivity index (χ2n) is 6.01. The average Bonchev–Trinajstić information content (AvgIpc) is 3.15. The van der Waals surface area contributed by atoms with Gasteiger partial charge in [-0.2, -0.15) is 0 Å². The molecule has 0 aliphatic heterocycles. The molecule has 0 fully saturated rings. The third-order valence-electron chi connectivity index (χ3n) is 3.93. The van der Waals surface area contributed by atoms with Crippen LogP contribution in [0.3, 0.4) is 0 Å². The normalized spacial score (nSPS) is 11.0. The summed E-state index contributed by atoms with van der Waals surface area (Å²) in [7, 11) is 0. The number of halogens is 1. The van der Waals surface area contributed by atoms with Crippen molar-refractivity contribution < 1.29 is 9.13 Å². The number of rotatable bonds is 9. The molecule has 140 valence electrons. The van der Waals surface area contributed by atoms with Gasteiger partial charge in [-0.1, -0.05) is 41.6 Å². The third kappa shape index (κ3) is 5.67. The predicted octanol–water partition coefficient (Wildman–Crippen LogP) is 4.43. The van der Waals surface area contributed by atoms with Crippen molar-refractivity contribution in [2.75, 3.05) is 18.5 Å². The fourth-order valence-corrected chi connectivity index (χ4v) is 2.54. The first kappa shape index (κ1) is 18.6. The van der Waals surface area contributed by atoms with Crippen molar-refractivity contribution in [3.8, 4) is 5.75 Å². The van der Waals surface area contributed by atoms with Gasteiger partial charge in [0.1, 0.15) is 24.7 Å². The van der Waals surface area contributed by atoms with E-state index in [2.05, 4.69) is 59.0 Å². The zero-order valence-corrected chi connectivity index (χ0v) is 15.3. The molecule has 1 heterocycles. The second-order valence-corrected chi connectivity index (χ2v) is 6.01. The van der Waals surface area contributed by atoms with Gasteiger partial charge in [-0.05, 0) is 42.3 Å². The summed E-state index contributed by atoms with van der Waals surface area (Å²) in [6.45, 7) is 3.06. The minimum Gasteiger partial charge on any atom is -0.487 e. The van der Waals surface area contributed by atoms with Gasteiger partial charge in [-0.15, -0.1) is 5.10 Å². The molecule has 0 atom stereocenters. The number of nitrogens with zero attached hydrogens (tertiary/aromatic N) is 3. The van der Waals surface area contributed by atoms with E-state index in [0.29, 0.717) is 12.3 Å². The highest BCUT2D eigenvalue weighted by atomic mass is 19.1. The molecular formula is C21H23FN4O. The van der Waals surface area contributed by atoms with E-state index in [-0.39, 0.29) is 6.54 Å². The average molecular weight is 366 g/mol. The minimum absolute atomic E-state index is 0.214. The molecule has 0 radical (unpaired) electrons. The van der Waals surface area contributed by atoms with Crippen molar-refractivity contribution in [3.05, 3.63) is 71.5 Å². The number of hydrogen-bond acceptors (Lipinski definition) is 4. The molecule has 1 N–H and O–H groups in total. The summed E-state index contributed by atoms with van der Waals surface area (Å²) in [5.74, 6) is 0.752. The number of benzene rings is 2. The highest BCUT2D eigenvalue weighted by Gasteiger charge is 2.02. The molecule has 0 spiro atoms. The molecule has 1 aromatic heterocycles. The van der Waals surface area contributed by atoms with Gasteiger partial charge >= 0.3 is 0 Å². The molecule has 0 bridgehead atoms. The molecule has 0 saturated heterocycles. The van der Waals surface area contributed by atoms with E-state index in [4.69, 9.17) is 4.74 Å². The van der Waals surface area contributed by atoms with Crippen LogP contribution >= 0.6 is 0 Å². The van der Waals surface area contributed by atoms with E-state index < -0.39 is 6.67 Å². The van der Waals surface area contributed by atoms with E-state index in [1.807, 2.05) is 24.3 Å². The van der Waals surface area contributed by atoms with E-state index in [0.717, 1.165) is 29.1 Å². The van der Waals surface area contributed by atoms with Crippen LogP contribution in [0.25, 0.3) is 12.2 Å². The molecule has 0 aliphatic carbocycles. The van der Waals surface area contributed by atoms with Gasteiger partial charge in [0.15, 0.2) is 0 Å². The quantitative estimate of drug-likeness (QED) is 0.569. The number of aromatic nitrogens is 3. The Morgan fingerprint density at radius 3 is 2.33 bits per heavy atom. The minimum atomic E-state index is -0.460. The molecule has 0 amide bonds.